The molecule has 2 aromatic rings. The number of benzene rings is 1. The third kappa shape index (κ3) is 1.81. The van der Waals surface area contributed by atoms with E-state index in [4.69, 9.17) is 10.5 Å². The number of hydrogen-bond donors (Lipinski definition) is 3. The van der Waals surface area contributed by atoms with E-state index in [1.165, 1.54) is 25.3 Å². The van der Waals surface area contributed by atoms with E-state index in [-0.39, 0.29) is 34.1 Å². The summed E-state index contributed by atoms with van der Waals surface area (Å²) in [7, 11) is 1.39. The predicted molar refractivity (Wildman–Crippen MR) is 76.5 cm³/mol. The van der Waals surface area contributed by atoms with Crippen molar-refractivity contribution in [3.63, 3.8) is 0 Å². The number of imide groups is 1. The summed E-state index contributed by atoms with van der Waals surface area (Å²) in [4.78, 5) is 35.5. The van der Waals surface area contributed by atoms with Crippen LogP contribution in [0.4, 0.5) is 5.82 Å². The molecule has 22 heavy (non-hydrogen) atoms. The Morgan fingerprint density at radius 1 is 1.18 bits per heavy atom. The number of aromatic nitrogens is 1. The fraction of sp³-hybridized carbons (Fsp3) is 0.0714. The van der Waals surface area contributed by atoms with Crippen LogP contribution in [0.5, 0.6) is 11.5 Å². The van der Waals surface area contributed by atoms with E-state index >= 15 is 0 Å². The maximum Gasteiger partial charge on any atom is 0.262 e. The van der Waals surface area contributed by atoms with Crippen molar-refractivity contribution in [3.8, 4) is 17.2 Å². The molecule has 3 rings (SSSR count). The molecule has 0 saturated carbocycles. The van der Waals surface area contributed by atoms with Gasteiger partial charge in [-0.05, 0) is 12.1 Å². The van der Waals surface area contributed by atoms with Gasteiger partial charge in [0.25, 0.3) is 17.4 Å². The number of nitrogens with one attached hydrogen (secondary N) is 1. The molecule has 1 aliphatic heterocycles. The maximum absolute atomic E-state index is 12.2. The fourth-order valence-corrected chi connectivity index (χ4v) is 2.36. The van der Waals surface area contributed by atoms with E-state index in [0.717, 1.165) is 10.6 Å². The lowest BCUT2D eigenvalue weighted by molar-refractivity contribution is 0.0880. The van der Waals surface area contributed by atoms with Gasteiger partial charge in [0.1, 0.15) is 5.82 Å². The van der Waals surface area contributed by atoms with Crippen molar-refractivity contribution in [2.24, 2.45) is 0 Å². The molecule has 4 N–H and O–H groups in total. The van der Waals surface area contributed by atoms with Crippen LogP contribution < -0.4 is 21.3 Å². The molecule has 2 amide bonds. The summed E-state index contributed by atoms with van der Waals surface area (Å²) >= 11 is 0. The molecule has 0 spiro atoms. The molecule has 0 aliphatic carbocycles. The van der Waals surface area contributed by atoms with Gasteiger partial charge in [0.2, 0.25) is 0 Å². The summed E-state index contributed by atoms with van der Waals surface area (Å²) in [6.45, 7) is 0. The number of amides is 2. The summed E-state index contributed by atoms with van der Waals surface area (Å²) in [5.41, 5.74) is 5.42. The van der Waals surface area contributed by atoms with Gasteiger partial charge in [-0.1, -0.05) is 0 Å². The van der Waals surface area contributed by atoms with E-state index in [0.29, 0.717) is 0 Å². The van der Waals surface area contributed by atoms with Gasteiger partial charge in [-0.2, -0.15) is 0 Å². The van der Waals surface area contributed by atoms with E-state index in [1.54, 1.807) is 0 Å². The zero-order valence-corrected chi connectivity index (χ0v) is 11.4. The largest absolute Gasteiger partial charge is 0.504 e. The standard InChI is InChI=1S/C14H11N3O5/c1-22-9-3-2-6(4-8(9)18)17-10(19)5-7-11(12(17)15)14(21)16-13(7)20/h2-5,18H,15H2,1H3,(H,16,20,21). The molecular weight excluding hydrogens is 290 g/mol. The smallest absolute Gasteiger partial charge is 0.262 e. The van der Waals surface area contributed by atoms with Crippen LogP contribution >= 0.6 is 0 Å². The summed E-state index contributed by atoms with van der Waals surface area (Å²) in [6, 6.07) is 5.26. The van der Waals surface area contributed by atoms with Crippen molar-refractivity contribution < 1.29 is 19.4 Å². The first kappa shape index (κ1) is 13.7. The average Bonchev–Trinajstić information content (AvgIpc) is 2.74. The number of phenolic OH excluding ortho intramolecular Hbond substituents is 1. The average molecular weight is 301 g/mol. The minimum Gasteiger partial charge on any atom is -0.504 e. The normalized spacial score (nSPS) is 13.0. The van der Waals surface area contributed by atoms with Crippen LogP contribution in [-0.4, -0.2) is 28.6 Å². The number of phenols is 1. The van der Waals surface area contributed by atoms with E-state index < -0.39 is 17.4 Å². The van der Waals surface area contributed by atoms with Gasteiger partial charge in [-0.25, -0.2) is 0 Å². The van der Waals surface area contributed by atoms with E-state index in [2.05, 4.69) is 5.32 Å². The lowest BCUT2D eigenvalue weighted by Gasteiger charge is -2.13. The van der Waals surface area contributed by atoms with E-state index in [1.807, 2.05) is 0 Å². The number of ether oxygens (including phenoxy) is 1. The number of nitrogens with zero attached hydrogens (tertiary/aromatic N) is 1. The second-order valence-electron chi connectivity index (χ2n) is 4.63. The zero-order valence-electron chi connectivity index (χ0n) is 11.4. The molecule has 0 saturated heterocycles. The van der Waals surface area contributed by atoms with Crippen molar-refractivity contribution in [1.82, 2.24) is 9.88 Å². The van der Waals surface area contributed by atoms with Crippen LogP contribution in [0.15, 0.2) is 29.1 Å². The lowest BCUT2D eigenvalue weighted by atomic mass is 10.1. The quantitative estimate of drug-likeness (QED) is 0.672. The van der Waals surface area contributed by atoms with Gasteiger partial charge in [-0.15, -0.1) is 0 Å². The Morgan fingerprint density at radius 2 is 1.91 bits per heavy atom. The summed E-state index contributed by atoms with van der Waals surface area (Å²) in [5, 5.41) is 11.9. The Labute approximate surface area is 123 Å². The van der Waals surface area contributed by atoms with Crippen LogP contribution in [-0.2, 0) is 0 Å². The van der Waals surface area contributed by atoms with Crippen LogP contribution in [0.2, 0.25) is 0 Å². The highest BCUT2D eigenvalue weighted by Gasteiger charge is 2.31. The molecule has 2 heterocycles. The second kappa shape index (κ2) is 4.62. The summed E-state index contributed by atoms with van der Waals surface area (Å²) < 4.78 is 5.96. The molecule has 1 aromatic heterocycles. The molecule has 0 bridgehead atoms. The summed E-state index contributed by atoms with van der Waals surface area (Å²) in [6.07, 6.45) is 0. The number of hydrogen-bond acceptors (Lipinski definition) is 6. The summed E-state index contributed by atoms with van der Waals surface area (Å²) in [5.74, 6) is -1.45. The number of rotatable bonds is 2. The monoisotopic (exact) mass is 301 g/mol. The molecule has 8 nitrogen and oxygen atoms in total. The number of fused-ring (bicyclic) bond motifs is 1. The SMILES string of the molecule is COc1ccc(-n2c(N)c3c(cc2=O)C(=O)NC3=O)cc1O. The van der Waals surface area contributed by atoms with Gasteiger partial charge in [-0.3, -0.25) is 24.3 Å². The lowest BCUT2D eigenvalue weighted by Crippen LogP contribution is -2.24. The number of nitrogen functional groups attached to an aromatic ring is 1. The van der Waals surface area contributed by atoms with Crippen LogP contribution in [0.25, 0.3) is 5.69 Å². The highest BCUT2D eigenvalue weighted by atomic mass is 16.5. The Bertz CT molecular complexity index is 885. The van der Waals surface area contributed by atoms with Crippen molar-refractivity contribution in [1.29, 1.82) is 0 Å². The Kier molecular flexibility index (Phi) is 2.87. The van der Waals surface area contributed by atoms with Gasteiger partial charge in [0.15, 0.2) is 11.5 Å². The molecule has 0 atom stereocenters. The first-order valence-electron chi connectivity index (χ1n) is 6.22. The van der Waals surface area contributed by atoms with Crippen LogP contribution in [0.3, 0.4) is 0 Å². The number of methoxy groups -OCH3 is 1. The topological polar surface area (TPSA) is 124 Å². The third-order valence-electron chi connectivity index (χ3n) is 3.37. The van der Waals surface area contributed by atoms with Crippen LogP contribution in [0, 0.1) is 0 Å². The van der Waals surface area contributed by atoms with Crippen LogP contribution in [0.1, 0.15) is 20.7 Å². The van der Waals surface area contributed by atoms with E-state index in [9.17, 15) is 19.5 Å². The minimum absolute atomic E-state index is 0.0542. The van der Waals surface area contributed by atoms with Gasteiger partial charge in [0.05, 0.1) is 23.9 Å². The number of pyridine rings is 1. The molecule has 0 fully saturated rings. The molecule has 112 valence electrons. The predicted octanol–water partition coefficient (Wildman–Crippen LogP) is 0.0175. The number of anilines is 1. The number of nitrogens with two attached hydrogens (primary N) is 1. The highest BCUT2D eigenvalue weighted by Crippen LogP contribution is 2.29. The van der Waals surface area contributed by atoms with Gasteiger partial charge < -0.3 is 15.6 Å². The van der Waals surface area contributed by atoms with Crippen molar-refractivity contribution in [3.05, 3.63) is 45.7 Å². The molecule has 1 aromatic carbocycles. The molecular formula is C14H11N3O5. The third-order valence-corrected chi connectivity index (χ3v) is 3.37. The highest BCUT2D eigenvalue weighted by molar-refractivity contribution is 6.23. The van der Waals surface area contributed by atoms with Gasteiger partial charge >= 0.3 is 0 Å². The Balaban J connectivity index is 2.27. The second-order valence-corrected chi connectivity index (χ2v) is 4.63. The molecule has 0 unspecified atom stereocenters. The van der Waals surface area contributed by atoms with Crippen molar-refractivity contribution >= 4 is 17.6 Å². The molecule has 0 radical (unpaired) electrons. The minimum atomic E-state index is -0.663. The Hall–Kier alpha value is -3.29. The molecule has 1 aliphatic rings. The fourth-order valence-electron chi connectivity index (χ4n) is 2.36. The van der Waals surface area contributed by atoms with Gasteiger partial charge in [0, 0.05) is 12.1 Å². The van der Waals surface area contributed by atoms with Crippen molar-refractivity contribution in [2.75, 3.05) is 12.8 Å². The first-order chi connectivity index (χ1) is 10.4. The maximum atomic E-state index is 12.2. The number of carbonyl (C=O) groups excluding carboxylic acids is 2. The zero-order chi connectivity index (χ0) is 16.0. The number of carbonyl (C=O) groups is 2. The van der Waals surface area contributed by atoms with Crippen molar-refractivity contribution in [2.45, 2.75) is 0 Å². The number of aromatic hydroxyl groups is 1. The molecule has 8 heteroatoms. The Morgan fingerprint density at radius 3 is 2.55 bits per heavy atom. The first-order valence-corrected chi connectivity index (χ1v) is 6.22.